The Morgan fingerprint density at radius 3 is 2.59 bits per heavy atom. The Morgan fingerprint density at radius 1 is 1.32 bits per heavy atom. The third-order valence-corrected chi connectivity index (χ3v) is 3.94. The zero-order valence-electron chi connectivity index (χ0n) is 12.9. The Labute approximate surface area is 136 Å². The zero-order valence-corrected chi connectivity index (χ0v) is 14.5. The number of methoxy groups -OCH3 is 1. The van der Waals surface area contributed by atoms with Crippen molar-refractivity contribution in [2.24, 2.45) is 0 Å². The van der Waals surface area contributed by atoms with Crippen molar-refractivity contribution in [2.75, 3.05) is 12.4 Å². The molecule has 118 valence electrons. The van der Waals surface area contributed by atoms with Gasteiger partial charge >= 0.3 is 0 Å². The average molecular weight is 368 g/mol. The summed E-state index contributed by atoms with van der Waals surface area (Å²) in [5.74, 6) is -0.265. The van der Waals surface area contributed by atoms with Gasteiger partial charge in [-0.25, -0.2) is 4.68 Å². The minimum absolute atomic E-state index is 0.0556. The fourth-order valence-corrected chi connectivity index (χ4v) is 2.51. The number of nitrogens with zero attached hydrogens (tertiary/aromatic N) is 2. The van der Waals surface area contributed by atoms with Crippen molar-refractivity contribution >= 4 is 38.3 Å². The normalized spacial score (nSPS) is 12.6. The van der Waals surface area contributed by atoms with Crippen LogP contribution >= 0.6 is 15.9 Å². The molecular weight excluding hydrogens is 350 g/mol. The van der Waals surface area contributed by atoms with Crippen LogP contribution in [0.2, 0.25) is 0 Å². The maximum Gasteiger partial charge on any atom is 0.275 e. The van der Waals surface area contributed by atoms with Crippen LogP contribution in [0, 0.1) is 0 Å². The molecule has 6 nitrogen and oxygen atoms in total. The molecule has 0 aliphatic rings. The second-order valence-electron chi connectivity index (χ2n) is 5.26. The molecule has 1 aromatic carbocycles. The van der Waals surface area contributed by atoms with Gasteiger partial charge < -0.3 is 10.1 Å². The van der Waals surface area contributed by atoms with Crippen LogP contribution in [0.1, 0.15) is 26.8 Å². The fourth-order valence-electron chi connectivity index (χ4n) is 2.00. The Morgan fingerprint density at radius 2 is 2.00 bits per heavy atom. The van der Waals surface area contributed by atoms with Crippen LogP contribution in [0.25, 0.3) is 10.8 Å². The van der Waals surface area contributed by atoms with Crippen LogP contribution < -0.4 is 10.9 Å². The lowest BCUT2D eigenvalue weighted by molar-refractivity contribution is -0.124. The molecule has 0 saturated heterocycles. The van der Waals surface area contributed by atoms with Crippen molar-refractivity contribution in [1.82, 2.24) is 9.78 Å². The van der Waals surface area contributed by atoms with Gasteiger partial charge in [-0.3, -0.25) is 9.59 Å². The summed E-state index contributed by atoms with van der Waals surface area (Å²) in [6, 6.07) is 5.09. The molecule has 1 unspecified atom stereocenters. The van der Waals surface area contributed by atoms with E-state index in [2.05, 4.69) is 26.3 Å². The fraction of sp³-hybridized carbons (Fsp3) is 0.400. The molecule has 0 saturated carbocycles. The number of fused-ring (bicyclic) bond motifs is 1. The smallest absolute Gasteiger partial charge is 0.275 e. The van der Waals surface area contributed by atoms with Gasteiger partial charge in [0.15, 0.2) is 0 Å². The number of aromatic nitrogens is 2. The van der Waals surface area contributed by atoms with Crippen LogP contribution in [0.4, 0.5) is 5.69 Å². The molecule has 1 heterocycles. The van der Waals surface area contributed by atoms with Crippen LogP contribution in [-0.4, -0.2) is 28.9 Å². The van der Waals surface area contributed by atoms with E-state index in [4.69, 9.17) is 4.74 Å². The van der Waals surface area contributed by atoms with Gasteiger partial charge in [0.05, 0.1) is 11.4 Å². The summed E-state index contributed by atoms with van der Waals surface area (Å²) in [6.45, 7) is 5.43. The number of anilines is 1. The summed E-state index contributed by atoms with van der Waals surface area (Å²) in [6.07, 6.45) is -0.563. The molecule has 0 aliphatic carbocycles. The highest BCUT2D eigenvalue weighted by atomic mass is 79.9. The molecule has 2 rings (SSSR count). The highest BCUT2D eigenvalue weighted by Gasteiger charge is 2.14. The number of ether oxygens (including phenoxy) is 1. The van der Waals surface area contributed by atoms with E-state index in [1.807, 2.05) is 13.8 Å². The largest absolute Gasteiger partial charge is 0.372 e. The van der Waals surface area contributed by atoms with Crippen molar-refractivity contribution in [3.05, 3.63) is 33.2 Å². The second-order valence-corrected chi connectivity index (χ2v) is 6.01. The summed E-state index contributed by atoms with van der Waals surface area (Å²) in [4.78, 5) is 24.4. The second kappa shape index (κ2) is 6.58. The first-order valence-corrected chi connectivity index (χ1v) is 7.70. The van der Waals surface area contributed by atoms with Gasteiger partial charge in [-0.2, -0.15) is 5.10 Å². The molecule has 0 bridgehead atoms. The molecule has 1 aromatic heterocycles. The number of hydrogen-bond donors (Lipinski definition) is 1. The minimum atomic E-state index is -0.563. The van der Waals surface area contributed by atoms with Gasteiger partial charge in [0.2, 0.25) is 0 Å². The molecule has 7 heteroatoms. The lowest BCUT2D eigenvalue weighted by Gasteiger charge is -2.13. The van der Waals surface area contributed by atoms with E-state index < -0.39 is 6.10 Å². The number of rotatable bonds is 4. The minimum Gasteiger partial charge on any atom is -0.372 e. The maximum absolute atomic E-state index is 12.5. The van der Waals surface area contributed by atoms with Crippen LogP contribution in [0.3, 0.4) is 0 Å². The highest BCUT2D eigenvalue weighted by Crippen LogP contribution is 2.23. The molecular formula is C15H18BrN3O3. The average Bonchev–Trinajstić information content (AvgIpc) is 2.49. The monoisotopic (exact) mass is 367 g/mol. The molecule has 1 amide bonds. The number of amides is 1. The molecule has 22 heavy (non-hydrogen) atoms. The summed E-state index contributed by atoms with van der Waals surface area (Å²) < 4.78 is 6.98. The van der Waals surface area contributed by atoms with E-state index in [0.717, 1.165) is 0 Å². The van der Waals surface area contributed by atoms with Crippen molar-refractivity contribution in [2.45, 2.75) is 32.9 Å². The number of nitrogens with one attached hydrogen (secondary N) is 1. The van der Waals surface area contributed by atoms with Crippen molar-refractivity contribution < 1.29 is 9.53 Å². The van der Waals surface area contributed by atoms with Gasteiger partial charge in [0.1, 0.15) is 10.7 Å². The lowest BCUT2D eigenvalue weighted by Crippen LogP contribution is -2.27. The molecule has 0 radical (unpaired) electrons. The Kier molecular flexibility index (Phi) is 4.97. The highest BCUT2D eigenvalue weighted by molar-refractivity contribution is 9.10. The van der Waals surface area contributed by atoms with E-state index in [1.165, 1.54) is 11.8 Å². The number of carbonyl (C=O) groups is 1. The Bertz CT molecular complexity index is 770. The van der Waals surface area contributed by atoms with Gasteiger partial charge in [0.25, 0.3) is 11.5 Å². The molecule has 1 N–H and O–H groups in total. The lowest BCUT2D eigenvalue weighted by atomic mass is 10.1. The first-order chi connectivity index (χ1) is 10.3. The van der Waals surface area contributed by atoms with Gasteiger partial charge in [-0.05, 0) is 54.9 Å². The topological polar surface area (TPSA) is 73.2 Å². The van der Waals surface area contributed by atoms with E-state index in [9.17, 15) is 9.59 Å². The summed E-state index contributed by atoms with van der Waals surface area (Å²) in [5.41, 5.74) is 0.357. The van der Waals surface area contributed by atoms with Gasteiger partial charge in [-0.1, -0.05) is 0 Å². The number of carbonyl (C=O) groups excluding carboxylic acids is 1. The first-order valence-electron chi connectivity index (χ1n) is 6.91. The third kappa shape index (κ3) is 3.20. The van der Waals surface area contributed by atoms with Crippen molar-refractivity contribution in [1.29, 1.82) is 0 Å². The number of hydrogen-bond acceptors (Lipinski definition) is 4. The molecule has 2 aromatic rings. The van der Waals surface area contributed by atoms with E-state index in [1.54, 1.807) is 25.1 Å². The van der Waals surface area contributed by atoms with E-state index in [0.29, 0.717) is 21.1 Å². The molecule has 0 spiro atoms. The SMILES string of the molecule is COC(C)C(=O)Nc1ccc2c(Br)nn(C(C)C)c(=O)c2c1. The molecule has 0 aliphatic heterocycles. The molecule has 0 fully saturated rings. The number of benzene rings is 1. The number of halogens is 1. The third-order valence-electron chi connectivity index (χ3n) is 3.36. The quantitative estimate of drug-likeness (QED) is 0.901. The van der Waals surface area contributed by atoms with Crippen LogP contribution in [0.5, 0.6) is 0 Å². The maximum atomic E-state index is 12.5. The standard InChI is InChI=1S/C15H18BrN3O3/c1-8(2)19-15(21)12-7-10(17-14(20)9(3)22-4)5-6-11(12)13(16)18-19/h5-9H,1-4H3,(H,17,20). The zero-order chi connectivity index (χ0) is 16.4. The predicted octanol–water partition coefficient (Wildman–Crippen LogP) is 2.71. The van der Waals surface area contributed by atoms with E-state index >= 15 is 0 Å². The van der Waals surface area contributed by atoms with Gasteiger partial charge in [0, 0.05) is 18.2 Å². The summed E-state index contributed by atoms with van der Waals surface area (Å²) >= 11 is 3.38. The first kappa shape index (κ1) is 16.6. The van der Waals surface area contributed by atoms with Crippen LogP contribution in [0.15, 0.2) is 27.6 Å². The van der Waals surface area contributed by atoms with Gasteiger partial charge in [-0.15, -0.1) is 0 Å². The Hall–Kier alpha value is -1.73. The van der Waals surface area contributed by atoms with E-state index in [-0.39, 0.29) is 17.5 Å². The van der Waals surface area contributed by atoms with Crippen molar-refractivity contribution in [3.8, 4) is 0 Å². The van der Waals surface area contributed by atoms with Crippen LogP contribution in [-0.2, 0) is 9.53 Å². The molecule has 1 atom stereocenters. The Balaban J connectivity index is 2.51. The summed E-state index contributed by atoms with van der Waals surface area (Å²) in [7, 11) is 1.47. The predicted molar refractivity (Wildman–Crippen MR) is 89.2 cm³/mol. The van der Waals surface area contributed by atoms with Crippen molar-refractivity contribution in [3.63, 3.8) is 0 Å². The summed E-state index contributed by atoms with van der Waals surface area (Å²) in [5, 5.41) is 8.18.